The maximum atomic E-state index is 14.8. The second-order valence-corrected chi connectivity index (χ2v) is 14.3. The Bertz CT molecular complexity index is 945. The number of benzene rings is 2. The third kappa shape index (κ3) is 6.23. The molecule has 1 unspecified atom stereocenters. The monoisotopic (exact) mass is 460 g/mol. The number of hydrogen-bond acceptors (Lipinski definition) is 5. The smallest absolute Gasteiger partial charge is 0.298 e. The number of aldehydes is 1. The van der Waals surface area contributed by atoms with Gasteiger partial charge in [-0.05, 0) is 36.2 Å². The van der Waals surface area contributed by atoms with E-state index in [-0.39, 0.29) is 34.8 Å². The van der Waals surface area contributed by atoms with Crippen LogP contribution in [0.25, 0.3) is 0 Å². The van der Waals surface area contributed by atoms with Crippen molar-refractivity contribution in [2.75, 3.05) is 11.9 Å². The van der Waals surface area contributed by atoms with Gasteiger partial charge in [0.05, 0.1) is 16.6 Å². The molecule has 0 heterocycles. The van der Waals surface area contributed by atoms with Crippen LogP contribution in [0.3, 0.4) is 0 Å². The summed E-state index contributed by atoms with van der Waals surface area (Å²) in [4.78, 5) is 24.5. The van der Waals surface area contributed by atoms with Gasteiger partial charge in [0.2, 0.25) is 0 Å². The van der Waals surface area contributed by atoms with Crippen molar-refractivity contribution in [3.05, 3.63) is 69.5 Å². The summed E-state index contributed by atoms with van der Waals surface area (Å²) in [7, 11) is -0.654. The van der Waals surface area contributed by atoms with E-state index in [0.717, 1.165) is 11.8 Å². The van der Waals surface area contributed by atoms with Crippen LogP contribution >= 0.6 is 0 Å². The lowest BCUT2D eigenvalue weighted by atomic mass is 10.0. The predicted octanol–water partition coefficient (Wildman–Crippen LogP) is 6.41. The molecule has 0 saturated heterocycles. The fourth-order valence-corrected chi connectivity index (χ4v) is 4.62. The van der Waals surface area contributed by atoms with E-state index in [2.05, 4.69) is 20.8 Å². The zero-order valence-electron chi connectivity index (χ0n) is 19.7. The molecule has 0 fully saturated rings. The van der Waals surface area contributed by atoms with E-state index in [4.69, 9.17) is 4.43 Å². The van der Waals surface area contributed by atoms with Gasteiger partial charge in [-0.2, -0.15) is 0 Å². The quantitative estimate of drug-likeness (QED) is 0.177. The van der Waals surface area contributed by atoms with Crippen LogP contribution in [0.5, 0.6) is 0 Å². The molecule has 0 radical (unpaired) electrons. The minimum atomic E-state index is -2.36. The summed E-state index contributed by atoms with van der Waals surface area (Å²) < 4.78 is 21.2. The lowest BCUT2D eigenvalue weighted by Crippen LogP contribution is -2.42. The van der Waals surface area contributed by atoms with Crippen LogP contribution in [0, 0.1) is 15.9 Å². The number of nitro benzene ring substituents is 1. The number of nitro groups is 1. The number of hydrogen-bond donors (Lipinski definition) is 0. The zero-order chi connectivity index (χ0) is 24.1. The van der Waals surface area contributed by atoms with Crippen LogP contribution in [-0.4, -0.2) is 26.6 Å². The Balaban J connectivity index is 2.58. The third-order valence-corrected chi connectivity index (χ3v) is 10.6. The van der Waals surface area contributed by atoms with Gasteiger partial charge in [-0.1, -0.05) is 51.1 Å². The first-order valence-electron chi connectivity index (χ1n) is 10.7. The van der Waals surface area contributed by atoms with Gasteiger partial charge in [-0.3, -0.25) is 10.1 Å². The molecular weight excluding hydrogens is 427 g/mol. The summed E-state index contributed by atoms with van der Waals surface area (Å²) in [5, 5.41) is 12.0. The molecule has 32 heavy (non-hydrogen) atoms. The van der Waals surface area contributed by atoms with Crippen molar-refractivity contribution in [1.82, 2.24) is 0 Å². The molecule has 1 atom stereocenters. The Morgan fingerprint density at radius 3 is 2.38 bits per heavy atom. The molecule has 0 aromatic heterocycles. The molecule has 6 nitrogen and oxygen atoms in total. The highest BCUT2D eigenvalue weighted by Gasteiger charge is 2.41. The van der Waals surface area contributed by atoms with E-state index in [1.807, 2.05) is 43.4 Å². The van der Waals surface area contributed by atoms with Crippen molar-refractivity contribution >= 4 is 26.0 Å². The lowest BCUT2D eigenvalue weighted by Gasteiger charge is -2.39. The van der Waals surface area contributed by atoms with Gasteiger partial charge in [0.25, 0.3) is 5.69 Å². The minimum absolute atomic E-state index is 0.151. The Kier molecular flexibility index (Phi) is 8.31. The molecule has 0 aliphatic heterocycles. The van der Waals surface area contributed by atoms with Gasteiger partial charge in [-0.15, -0.1) is 0 Å². The molecule has 8 heteroatoms. The van der Waals surface area contributed by atoms with Crippen molar-refractivity contribution < 1.29 is 18.5 Å². The first kappa shape index (κ1) is 25.7. The van der Waals surface area contributed by atoms with E-state index in [0.29, 0.717) is 6.54 Å². The van der Waals surface area contributed by atoms with Crippen LogP contribution in [0.1, 0.15) is 50.8 Å². The molecule has 0 bridgehead atoms. The highest BCUT2D eigenvalue weighted by Crippen LogP contribution is 2.44. The van der Waals surface area contributed by atoms with E-state index in [1.165, 1.54) is 12.1 Å². The fraction of sp³-hybridized carbons (Fsp3) is 0.458. The molecule has 0 aliphatic carbocycles. The van der Waals surface area contributed by atoms with Crippen LogP contribution in [0.2, 0.25) is 18.1 Å². The van der Waals surface area contributed by atoms with Crippen LogP contribution in [0.4, 0.5) is 15.8 Å². The number of carbonyl (C=O) groups excluding carboxylic acids is 1. The molecule has 0 spiro atoms. The number of nitrogens with zero attached hydrogens (tertiary/aromatic N) is 2. The average Bonchev–Trinajstić information content (AvgIpc) is 2.70. The summed E-state index contributed by atoms with van der Waals surface area (Å²) in [5.74, 6) is -0.574. The topological polar surface area (TPSA) is 72.7 Å². The molecule has 0 N–H and O–H groups in total. The molecular formula is C24H33FN2O4Si. The Hall–Kier alpha value is -2.58. The SMILES string of the molecule is CN(Cc1ccccc1)c1cc(F)cc(C(CCC=O)O[Si](C)(C)C(C)(C)C)c1[N+](=O)[O-]. The zero-order valence-corrected chi connectivity index (χ0v) is 20.7. The van der Waals surface area contributed by atoms with Gasteiger partial charge in [-0.25, -0.2) is 4.39 Å². The largest absolute Gasteiger partial charge is 0.410 e. The highest BCUT2D eigenvalue weighted by molar-refractivity contribution is 6.74. The second-order valence-electron chi connectivity index (χ2n) is 9.57. The molecule has 0 saturated carbocycles. The maximum absolute atomic E-state index is 14.8. The normalized spacial score (nSPS) is 13.0. The standard InChI is InChI=1S/C24H33FN2O4Si/c1-24(2,3)32(5,6)31-22(13-10-14-28)20-15-19(25)16-21(23(20)27(29)30)26(4)17-18-11-8-7-9-12-18/h7-9,11-12,14-16,22H,10,13,17H2,1-6H3. The van der Waals surface area contributed by atoms with Crippen LogP contribution < -0.4 is 4.90 Å². The molecule has 2 aromatic carbocycles. The van der Waals surface area contributed by atoms with Crippen molar-refractivity contribution in [2.45, 2.75) is 64.4 Å². The molecule has 0 aliphatic rings. The van der Waals surface area contributed by atoms with E-state index in [1.54, 1.807) is 11.9 Å². The lowest BCUT2D eigenvalue weighted by molar-refractivity contribution is -0.385. The maximum Gasteiger partial charge on any atom is 0.298 e. The number of anilines is 1. The van der Waals surface area contributed by atoms with E-state index < -0.39 is 25.2 Å². The number of halogens is 1. The predicted molar refractivity (Wildman–Crippen MR) is 128 cm³/mol. The van der Waals surface area contributed by atoms with E-state index in [9.17, 15) is 19.3 Å². The molecule has 174 valence electrons. The van der Waals surface area contributed by atoms with Crippen LogP contribution in [0.15, 0.2) is 42.5 Å². The van der Waals surface area contributed by atoms with Crippen molar-refractivity contribution in [3.8, 4) is 0 Å². The van der Waals surface area contributed by atoms with Crippen molar-refractivity contribution in [1.29, 1.82) is 0 Å². The Labute approximate surface area is 190 Å². The van der Waals surface area contributed by atoms with E-state index >= 15 is 0 Å². The van der Waals surface area contributed by atoms with Crippen LogP contribution in [-0.2, 0) is 15.8 Å². The fourth-order valence-electron chi connectivity index (χ4n) is 3.31. The Morgan fingerprint density at radius 2 is 1.84 bits per heavy atom. The van der Waals surface area contributed by atoms with Crippen molar-refractivity contribution in [3.63, 3.8) is 0 Å². The van der Waals surface area contributed by atoms with Gasteiger partial charge in [0.1, 0.15) is 17.8 Å². The summed E-state index contributed by atoms with van der Waals surface area (Å²) >= 11 is 0. The second kappa shape index (κ2) is 10.4. The average molecular weight is 461 g/mol. The molecule has 2 rings (SSSR count). The highest BCUT2D eigenvalue weighted by atomic mass is 28.4. The van der Waals surface area contributed by atoms with Gasteiger partial charge < -0.3 is 14.1 Å². The summed E-state index contributed by atoms with van der Waals surface area (Å²) in [6.45, 7) is 10.6. The van der Waals surface area contributed by atoms with Gasteiger partial charge in [0, 0.05) is 26.1 Å². The van der Waals surface area contributed by atoms with Gasteiger partial charge >= 0.3 is 0 Å². The summed E-state index contributed by atoms with van der Waals surface area (Å²) in [5.41, 5.74) is 1.13. The summed E-state index contributed by atoms with van der Waals surface area (Å²) in [6.07, 6.45) is 0.431. The number of carbonyl (C=O) groups is 1. The molecule has 2 aromatic rings. The third-order valence-electron chi connectivity index (χ3n) is 6.08. The first-order chi connectivity index (χ1) is 14.9. The molecule has 0 amide bonds. The van der Waals surface area contributed by atoms with Crippen molar-refractivity contribution in [2.24, 2.45) is 0 Å². The summed E-state index contributed by atoms with van der Waals surface area (Å²) in [6, 6.07) is 11.9. The minimum Gasteiger partial charge on any atom is -0.410 e. The van der Waals surface area contributed by atoms with Gasteiger partial charge in [0.15, 0.2) is 8.32 Å². The number of rotatable bonds is 10. The first-order valence-corrected chi connectivity index (χ1v) is 13.6. The Morgan fingerprint density at radius 1 is 1.22 bits per heavy atom.